The zero-order chi connectivity index (χ0) is 20.6. The summed E-state index contributed by atoms with van der Waals surface area (Å²) in [6.07, 6.45) is 2.02. The first-order chi connectivity index (χ1) is 15.4. The van der Waals surface area contributed by atoms with Crippen LogP contribution in [0, 0.1) is 0 Å². The van der Waals surface area contributed by atoms with Crippen molar-refractivity contribution in [3.05, 3.63) is 121 Å². The highest BCUT2D eigenvalue weighted by Crippen LogP contribution is 2.34. The summed E-state index contributed by atoms with van der Waals surface area (Å²) in [7, 11) is 0. The number of pyridine rings is 1. The molecule has 0 unspecified atom stereocenters. The van der Waals surface area contributed by atoms with Crippen LogP contribution in [0.5, 0.6) is 0 Å². The van der Waals surface area contributed by atoms with Crippen LogP contribution in [0.25, 0.3) is 49.9 Å². The molecule has 0 aliphatic carbocycles. The summed E-state index contributed by atoms with van der Waals surface area (Å²) < 4.78 is 2.33. The van der Waals surface area contributed by atoms with Gasteiger partial charge in [0.15, 0.2) is 0 Å². The second-order valence-electron chi connectivity index (χ2n) is 7.72. The second kappa shape index (κ2) is 7.26. The van der Waals surface area contributed by atoms with Gasteiger partial charge in [0.2, 0.25) is 0 Å². The van der Waals surface area contributed by atoms with Gasteiger partial charge in [-0.2, -0.15) is 0 Å². The van der Waals surface area contributed by atoms with Crippen LogP contribution in [0.3, 0.4) is 0 Å². The maximum atomic E-state index is 4.86. The molecule has 146 valence electrons. The van der Waals surface area contributed by atoms with E-state index in [1.54, 1.807) is 0 Å². The van der Waals surface area contributed by atoms with Crippen molar-refractivity contribution in [3.8, 4) is 28.1 Å². The highest BCUT2D eigenvalue weighted by molar-refractivity contribution is 6.09. The SMILES string of the molecule is c1ccc(-c2cccc(-c3cc4c(cn3)c3ccccc3n4-c3ccccc3)c2)cc1. The van der Waals surface area contributed by atoms with Crippen molar-refractivity contribution >= 4 is 21.8 Å². The summed E-state index contributed by atoms with van der Waals surface area (Å²) in [5.41, 5.74) is 8.03. The molecular formula is C29H20N2. The van der Waals surface area contributed by atoms with E-state index in [1.165, 1.54) is 32.9 Å². The molecule has 0 spiro atoms. The average molecular weight is 396 g/mol. The van der Waals surface area contributed by atoms with Crippen molar-refractivity contribution in [3.63, 3.8) is 0 Å². The summed E-state index contributed by atoms with van der Waals surface area (Å²) in [6.45, 7) is 0. The van der Waals surface area contributed by atoms with Gasteiger partial charge >= 0.3 is 0 Å². The molecular weight excluding hydrogens is 376 g/mol. The molecule has 4 aromatic carbocycles. The molecule has 0 amide bonds. The Balaban J connectivity index is 1.58. The molecule has 6 aromatic rings. The molecule has 2 aromatic heterocycles. The predicted molar refractivity (Wildman–Crippen MR) is 129 cm³/mol. The normalized spacial score (nSPS) is 11.2. The molecule has 0 atom stereocenters. The minimum absolute atomic E-state index is 0.977. The van der Waals surface area contributed by atoms with Gasteiger partial charge < -0.3 is 4.57 Å². The lowest BCUT2D eigenvalue weighted by Gasteiger charge is -2.09. The molecule has 0 aliphatic heterocycles. The molecule has 6 rings (SSSR count). The number of hydrogen-bond donors (Lipinski definition) is 0. The van der Waals surface area contributed by atoms with E-state index in [9.17, 15) is 0 Å². The van der Waals surface area contributed by atoms with Gasteiger partial charge in [-0.25, -0.2) is 0 Å². The van der Waals surface area contributed by atoms with Crippen LogP contribution in [0.1, 0.15) is 0 Å². The van der Waals surface area contributed by atoms with E-state index in [2.05, 4.69) is 114 Å². The highest BCUT2D eigenvalue weighted by atomic mass is 15.0. The topological polar surface area (TPSA) is 17.8 Å². The Morgan fingerprint density at radius 1 is 0.484 bits per heavy atom. The summed E-state index contributed by atoms with van der Waals surface area (Å²) >= 11 is 0. The lowest BCUT2D eigenvalue weighted by molar-refractivity contribution is 1.17. The van der Waals surface area contributed by atoms with Crippen LogP contribution in [-0.2, 0) is 0 Å². The number of hydrogen-bond acceptors (Lipinski definition) is 1. The van der Waals surface area contributed by atoms with Crippen molar-refractivity contribution in [2.24, 2.45) is 0 Å². The van der Waals surface area contributed by atoms with Crippen molar-refractivity contribution in [2.45, 2.75) is 0 Å². The highest BCUT2D eigenvalue weighted by Gasteiger charge is 2.13. The molecule has 0 aliphatic rings. The zero-order valence-corrected chi connectivity index (χ0v) is 16.9. The summed E-state index contributed by atoms with van der Waals surface area (Å²) in [4.78, 5) is 4.86. The first kappa shape index (κ1) is 17.7. The molecule has 0 saturated heterocycles. The molecule has 0 radical (unpaired) electrons. The smallest absolute Gasteiger partial charge is 0.0723 e. The van der Waals surface area contributed by atoms with E-state index in [-0.39, 0.29) is 0 Å². The summed E-state index contributed by atoms with van der Waals surface area (Å²) in [5.74, 6) is 0. The first-order valence-corrected chi connectivity index (χ1v) is 10.5. The first-order valence-electron chi connectivity index (χ1n) is 10.5. The fraction of sp³-hybridized carbons (Fsp3) is 0. The minimum Gasteiger partial charge on any atom is -0.309 e. The molecule has 0 bridgehead atoms. The average Bonchev–Trinajstić information content (AvgIpc) is 3.19. The fourth-order valence-electron chi connectivity index (χ4n) is 4.37. The number of para-hydroxylation sites is 2. The number of fused-ring (bicyclic) bond motifs is 3. The lowest BCUT2D eigenvalue weighted by atomic mass is 10.0. The fourth-order valence-corrected chi connectivity index (χ4v) is 4.37. The molecule has 2 nitrogen and oxygen atoms in total. The van der Waals surface area contributed by atoms with Gasteiger partial charge in [-0.15, -0.1) is 0 Å². The molecule has 2 heteroatoms. The van der Waals surface area contributed by atoms with Gasteiger partial charge in [0.1, 0.15) is 0 Å². The third-order valence-electron chi connectivity index (χ3n) is 5.84. The van der Waals surface area contributed by atoms with Crippen LogP contribution in [-0.4, -0.2) is 9.55 Å². The van der Waals surface area contributed by atoms with Gasteiger partial charge in [0, 0.05) is 28.2 Å². The lowest BCUT2D eigenvalue weighted by Crippen LogP contribution is -1.94. The summed E-state index contributed by atoms with van der Waals surface area (Å²) in [6, 6.07) is 40.4. The standard InChI is InChI=1S/C29H20N2/c1-3-10-21(11-4-1)22-12-9-13-23(18-22)27-19-29-26(20-30-27)25-16-7-8-17-28(25)31(29)24-14-5-2-6-15-24/h1-20H. The monoisotopic (exact) mass is 396 g/mol. The van der Waals surface area contributed by atoms with Crippen molar-refractivity contribution in [2.75, 3.05) is 0 Å². The number of rotatable bonds is 3. The van der Waals surface area contributed by atoms with Gasteiger partial charge in [-0.05, 0) is 41.5 Å². The van der Waals surface area contributed by atoms with Crippen molar-refractivity contribution in [1.82, 2.24) is 9.55 Å². The zero-order valence-electron chi connectivity index (χ0n) is 16.9. The number of aromatic nitrogens is 2. The van der Waals surface area contributed by atoms with Crippen LogP contribution in [0.2, 0.25) is 0 Å². The maximum absolute atomic E-state index is 4.86. The van der Waals surface area contributed by atoms with E-state index in [0.717, 1.165) is 16.9 Å². The molecule has 31 heavy (non-hydrogen) atoms. The van der Waals surface area contributed by atoms with Gasteiger partial charge in [0.25, 0.3) is 0 Å². The second-order valence-corrected chi connectivity index (χ2v) is 7.72. The summed E-state index contributed by atoms with van der Waals surface area (Å²) in [5, 5.41) is 2.39. The Morgan fingerprint density at radius 3 is 2.00 bits per heavy atom. The largest absolute Gasteiger partial charge is 0.309 e. The van der Waals surface area contributed by atoms with Gasteiger partial charge in [-0.3, -0.25) is 4.98 Å². The van der Waals surface area contributed by atoms with Crippen molar-refractivity contribution < 1.29 is 0 Å². The Labute approximate surface area is 181 Å². The quantitative estimate of drug-likeness (QED) is 0.303. The van der Waals surface area contributed by atoms with E-state index in [1.807, 2.05) is 12.3 Å². The van der Waals surface area contributed by atoms with Gasteiger partial charge in [-0.1, -0.05) is 84.9 Å². The minimum atomic E-state index is 0.977. The number of benzene rings is 4. The Hall–Kier alpha value is -4.17. The number of nitrogens with zero attached hydrogens (tertiary/aromatic N) is 2. The molecule has 0 saturated carbocycles. The van der Waals surface area contributed by atoms with E-state index < -0.39 is 0 Å². The van der Waals surface area contributed by atoms with Crippen LogP contribution in [0.15, 0.2) is 121 Å². The van der Waals surface area contributed by atoms with Crippen LogP contribution < -0.4 is 0 Å². The van der Waals surface area contributed by atoms with Gasteiger partial charge in [0.05, 0.1) is 16.7 Å². The van der Waals surface area contributed by atoms with Crippen LogP contribution in [0.4, 0.5) is 0 Å². The Morgan fingerprint density at radius 2 is 1.16 bits per heavy atom. The Bertz CT molecular complexity index is 1510. The van der Waals surface area contributed by atoms with E-state index in [0.29, 0.717) is 0 Å². The Kier molecular flexibility index (Phi) is 4.14. The van der Waals surface area contributed by atoms with E-state index in [4.69, 9.17) is 4.98 Å². The van der Waals surface area contributed by atoms with Crippen molar-refractivity contribution in [1.29, 1.82) is 0 Å². The third-order valence-corrected chi connectivity index (χ3v) is 5.84. The van der Waals surface area contributed by atoms with Crippen LogP contribution >= 0.6 is 0 Å². The maximum Gasteiger partial charge on any atom is 0.0723 e. The predicted octanol–water partition coefficient (Wildman–Crippen LogP) is 7.51. The molecule has 0 fully saturated rings. The molecule has 0 N–H and O–H groups in total. The third kappa shape index (κ3) is 3.01. The molecule has 2 heterocycles. The van der Waals surface area contributed by atoms with E-state index >= 15 is 0 Å².